The summed E-state index contributed by atoms with van der Waals surface area (Å²) in [5.74, 6) is 0.237. The number of aliphatic hydroxyl groups is 1. The lowest BCUT2D eigenvalue weighted by atomic mass is 9.89. The molecule has 94 valence electrons. The Bertz CT molecular complexity index is 532. The van der Waals surface area contributed by atoms with E-state index < -0.39 is 5.60 Å². The van der Waals surface area contributed by atoms with Crippen LogP contribution in [0.4, 0.5) is 0 Å². The maximum absolute atomic E-state index is 10.5. The molecule has 0 aliphatic carbocycles. The minimum Gasteiger partial charge on any atom is -0.508 e. The summed E-state index contributed by atoms with van der Waals surface area (Å²) in [7, 11) is 0. The lowest BCUT2D eigenvalue weighted by Gasteiger charge is -2.24. The van der Waals surface area contributed by atoms with Crippen LogP contribution in [0.25, 0.3) is 0 Å². The molecule has 2 nitrogen and oxygen atoms in total. The summed E-state index contributed by atoms with van der Waals surface area (Å²) in [6.45, 7) is 1.79. The number of hydrogen-bond acceptors (Lipinski definition) is 2. The highest BCUT2D eigenvalue weighted by Gasteiger charge is 2.23. The molecule has 0 spiro atoms. The second kappa shape index (κ2) is 5.12. The van der Waals surface area contributed by atoms with E-state index in [0.29, 0.717) is 6.42 Å². The Labute approximate surface area is 115 Å². The van der Waals surface area contributed by atoms with Crippen molar-refractivity contribution >= 4 is 15.9 Å². The normalized spacial score (nSPS) is 14.2. The fraction of sp³-hybridized carbons (Fsp3) is 0.200. The van der Waals surface area contributed by atoms with E-state index in [1.165, 1.54) is 0 Å². The first-order valence-electron chi connectivity index (χ1n) is 5.74. The van der Waals surface area contributed by atoms with Crippen LogP contribution in [-0.2, 0) is 12.0 Å². The molecular formula is C15H15BrO2. The maximum Gasteiger partial charge on any atom is 0.115 e. The van der Waals surface area contributed by atoms with E-state index >= 15 is 0 Å². The van der Waals surface area contributed by atoms with E-state index in [0.717, 1.165) is 15.6 Å². The molecular weight excluding hydrogens is 292 g/mol. The van der Waals surface area contributed by atoms with Gasteiger partial charge in [0.25, 0.3) is 0 Å². The average Bonchev–Trinajstić information content (AvgIpc) is 2.32. The zero-order valence-corrected chi connectivity index (χ0v) is 11.7. The molecule has 0 fully saturated rings. The van der Waals surface area contributed by atoms with Crippen molar-refractivity contribution in [1.29, 1.82) is 0 Å². The van der Waals surface area contributed by atoms with Crippen LogP contribution in [0.15, 0.2) is 53.0 Å². The van der Waals surface area contributed by atoms with E-state index in [-0.39, 0.29) is 5.75 Å². The summed E-state index contributed by atoms with van der Waals surface area (Å²) >= 11 is 3.41. The predicted octanol–water partition coefficient (Wildman–Crippen LogP) is 3.60. The van der Waals surface area contributed by atoms with Crippen molar-refractivity contribution in [1.82, 2.24) is 0 Å². The van der Waals surface area contributed by atoms with Crippen LogP contribution >= 0.6 is 15.9 Å². The number of phenolic OH excluding ortho intramolecular Hbond substituents is 1. The molecule has 0 saturated carbocycles. The molecule has 0 heterocycles. The average molecular weight is 307 g/mol. The third-order valence-corrected chi connectivity index (χ3v) is 3.42. The van der Waals surface area contributed by atoms with Gasteiger partial charge in [0.15, 0.2) is 0 Å². The quantitative estimate of drug-likeness (QED) is 0.909. The lowest BCUT2D eigenvalue weighted by Crippen LogP contribution is -2.24. The summed E-state index contributed by atoms with van der Waals surface area (Å²) in [5.41, 5.74) is 0.920. The zero-order chi connectivity index (χ0) is 13.2. The molecule has 2 aromatic carbocycles. The molecule has 2 rings (SSSR count). The van der Waals surface area contributed by atoms with Crippen molar-refractivity contribution in [3.8, 4) is 5.75 Å². The van der Waals surface area contributed by atoms with Crippen molar-refractivity contribution in [2.75, 3.05) is 0 Å². The number of phenols is 1. The van der Waals surface area contributed by atoms with Crippen molar-refractivity contribution in [3.63, 3.8) is 0 Å². The van der Waals surface area contributed by atoms with E-state index in [1.807, 2.05) is 36.4 Å². The van der Waals surface area contributed by atoms with Gasteiger partial charge in [-0.3, -0.25) is 0 Å². The first-order valence-corrected chi connectivity index (χ1v) is 6.53. The highest BCUT2D eigenvalue weighted by atomic mass is 79.9. The molecule has 0 aromatic heterocycles. The van der Waals surface area contributed by atoms with Crippen LogP contribution in [0.3, 0.4) is 0 Å². The highest BCUT2D eigenvalue weighted by molar-refractivity contribution is 9.10. The number of benzene rings is 2. The van der Waals surface area contributed by atoms with Crippen molar-refractivity contribution < 1.29 is 10.2 Å². The Morgan fingerprint density at radius 3 is 2.39 bits per heavy atom. The van der Waals surface area contributed by atoms with E-state index in [9.17, 15) is 10.2 Å². The van der Waals surface area contributed by atoms with Crippen LogP contribution in [0.1, 0.15) is 18.1 Å². The standard InChI is InChI=1S/C15H15BrO2/c1-15(18,12-3-2-4-13(16)9-12)10-11-5-7-14(17)8-6-11/h2-9,17-18H,10H2,1H3. The molecule has 0 bridgehead atoms. The first-order chi connectivity index (χ1) is 8.47. The Morgan fingerprint density at radius 2 is 1.78 bits per heavy atom. The predicted molar refractivity (Wildman–Crippen MR) is 75.5 cm³/mol. The number of hydrogen-bond donors (Lipinski definition) is 2. The molecule has 1 atom stereocenters. The Morgan fingerprint density at radius 1 is 1.11 bits per heavy atom. The molecule has 2 aromatic rings. The van der Waals surface area contributed by atoms with Gasteiger partial charge in [-0.25, -0.2) is 0 Å². The second-order valence-electron chi connectivity index (χ2n) is 4.63. The van der Waals surface area contributed by atoms with Gasteiger partial charge in [-0.15, -0.1) is 0 Å². The molecule has 0 amide bonds. The second-order valence-corrected chi connectivity index (χ2v) is 5.54. The molecule has 0 saturated heterocycles. The van der Waals surface area contributed by atoms with Crippen LogP contribution in [-0.4, -0.2) is 10.2 Å². The largest absolute Gasteiger partial charge is 0.508 e. The van der Waals surface area contributed by atoms with Crippen molar-refractivity contribution in [2.24, 2.45) is 0 Å². The lowest BCUT2D eigenvalue weighted by molar-refractivity contribution is 0.0575. The van der Waals surface area contributed by atoms with Crippen LogP contribution < -0.4 is 0 Å². The monoisotopic (exact) mass is 306 g/mol. The first kappa shape index (κ1) is 13.1. The van der Waals surface area contributed by atoms with Gasteiger partial charge < -0.3 is 10.2 Å². The van der Waals surface area contributed by atoms with Gasteiger partial charge in [-0.05, 0) is 42.3 Å². The highest BCUT2D eigenvalue weighted by Crippen LogP contribution is 2.27. The Balaban J connectivity index is 2.23. The van der Waals surface area contributed by atoms with Gasteiger partial charge in [0.1, 0.15) is 5.75 Å². The van der Waals surface area contributed by atoms with E-state index in [1.54, 1.807) is 19.1 Å². The third kappa shape index (κ3) is 3.12. The van der Waals surface area contributed by atoms with Gasteiger partial charge in [0.2, 0.25) is 0 Å². The van der Waals surface area contributed by atoms with Gasteiger partial charge >= 0.3 is 0 Å². The maximum atomic E-state index is 10.5. The van der Waals surface area contributed by atoms with Gasteiger partial charge in [0.05, 0.1) is 5.60 Å². The van der Waals surface area contributed by atoms with E-state index in [4.69, 9.17) is 0 Å². The zero-order valence-electron chi connectivity index (χ0n) is 10.1. The van der Waals surface area contributed by atoms with Crippen molar-refractivity contribution in [3.05, 3.63) is 64.1 Å². The molecule has 2 N–H and O–H groups in total. The number of halogens is 1. The summed E-state index contributed by atoms with van der Waals surface area (Å²) < 4.78 is 0.950. The summed E-state index contributed by atoms with van der Waals surface area (Å²) in [5, 5.41) is 19.8. The summed E-state index contributed by atoms with van der Waals surface area (Å²) in [6.07, 6.45) is 0.504. The van der Waals surface area contributed by atoms with E-state index in [2.05, 4.69) is 15.9 Å². The number of aromatic hydroxyl groups is 1. The molecule has 1 unspecified atom stereocenters. The third-order valence-electron chi connectivity index (χ3n) is 2.93. The fourth-order valence-corrected chi connectivity index (χ4v) is 2.34. The molecule has 18 heavy (non-hydrogen) atoms. The number of rotatable bonds is 3. The molecule has 3 heteroatoms. The van der Waals surface area contributed by atoms with Crippen LogP contribution in [0.2, 0.25) is 0 Å². The molecule has 0 aliphatic rings. The molecule has 0 radical (unpaired) electrons. The van der Waals surface area contributed by atoms with Crippen molar-refractivity contribution in [2.45, 2.75) is 18.9 Å². The summed E-state index contributed by atoms with van der Waals surface area (Å²) in [4.78, 5) is 0. The van der Waals surface area contributed by atoms with Gasteiger partial charge in [-0.1, -0.05) is 40.2 Å². The SMILES string of the molecule is CC(O)(Cc1ccc(O)cc1)c1cccc(Br)c1. The van der Waals surface area contributed by atoms with Gasteiger partial charge in [0, 0.05) is 10.9 Å². The Kier molecular flexibility index (Phi) is 3.73. The van der Waals surface area contributed by atoms with Crippen LogP contribution in [0.5, 0.6) is 5.75 Å². The fourth-order valence-electron chi connectivity index (χ4n) is 1.94. The topological polar surface area (TPSA) is 40.5 Å². The minimum absolute atomic E-state index is 0.237. The smallest absolute Gasteiger partial charge is 0.115 e. The van der Waals surface area contributed by atoms with Gasteiger partial charge in [-0.2, -0.15) is 0 Å². The van der Waals surface area contributed by atoms with Crippen LogP contribution in [0, 0.1) is 0 Å². The Hall–Kier alpha value is -1.32. The minimum atomic E-state index is -0.930. The molecule has 0 aliphatic heterocycles. The summed E-state index contributed by atoms with van der Waals surface area (Å²) in [6, 6.07) is 14.6.